The number of aliphatic carboxylic acids is 1. The van der Waals surface area contributed by atoms with E-state index in [0.29, 0.717) is 5.56 Å². The van der Waals surface area contributed by atoms with E-state index in [9.17, 15) is 40.2 Å². The Kier molecular flexibility index (Phi) is 5.48. The first-order valence-corrected chi connectivity index (χ1v) is 9.34. The second kappa shape index (κ2) is 8.13. The fourth-order valence-electron chi connectivity index (χ4n) is 3.38. The van der Waals surface area contributed by atoms with Crippen LogP contribution in [-0.4, -0.2) is 62.2 Å². The Morgan fingerprint density at radius 3 is 2.34 bits per heavy atom. The van der Waals surface area contributed by atoms with E-state index in [1.807, 2.05) is 0 Å². The van der Waals surface area contributed by atoms with Crippen LogP contribution in [0.4, 0.5) is 0 Å². The number of hydrogen-bond acceptors (Lipinski definition) is 11. The van der Waals surface area contributed by atoms with Crippen LogP contribution < -0.4 is 15.3 Å². The number of carboxylic acid groups (broad SMARTS) is 1. The topological polar surface area (TPSA) is 190 Å². The molecule has 32 heavy (non-hydrogen) atoms. The molecule has 0 aliphatic carbocycles. The minimum Gasteiger partial charge on any atom is -0.547 e. The van der Waals surface area contributed by atoms with Gasteiger partial charge in [-0.25, -0.2) is 0 Å². The summed E-state index contributed by atoms with van der Waals surface area (Å²) in [5.74, 6) is -3.73. The fourth-order valence-corrected chi connectivity index (χ4v) is 3.38. The molecule has 1 aromatic heterocycles. The average Bonchev–Trinajstić information content (AvgIpc) is 2.77. The van der Waals surface area contributed by atoms with Crippen LogP contribution >= 0.6 is 0 Å². The molecule has 2 aromatic carbocycles. The number of ether oxygens (including phenoxy) is 2. The molecule has 11 nitrogen and oxygen atoms in total. The Morgan fingerprint density at radius 2 is 1.69 bits per heavy atom. The van der Waals surface area contributed by atoms with Crippen molar-refractivity contribution in [3.05, 3.63) is 52.7 Å². The highest BCUT2D eigenvalue weighted by Crippen LogP contribution is 2.41. The normalized spacial score (nSPS) is 25.5. The molecule has 5 atom stereocenters. The molecule has 0 amide bonds. The van der Waals surface area contributed by atoms with Gasteiger partial charge in [-0.1, -0.05) is 30.3 Å². The molecular weight excluding hydrogens is 428 g/mol. The molecule has 5 N–H and O–H groups in total. The highest BCUT2D eigenvalue weighted by Gasteiger charge is 2.46. The van der Waals surface area contributed by atoms with Gasteiger partial charge in [0.1, 0.15) is 41.3 Å². The molecule has 1 aliphatic rings. The predicted molar refractivity (Wildman–Crippen MR) is 104 cm³/mol. The molecule has 4 rings (SSSR count). The first-order chi connectivity index (χ1) is 15.2. The maximum Gasteiger partial charge on any atom is 0.229 e. The molecule has 168 valence electrons. The quantitative estimate of drug-likeness (QED) is 0.303. The molecule has 1 fully saturated rings. The number of carbonyl (C=O) groups is 1. The van der Waals surface area contributed by atoms with Crippen LogP contribution in [0.2, 0.25) is 0 Å². The van der Waals surface area contributed by atoms with Crippen molar-refractivity contribution in [2.75, 3.05) is 0 Å². The van der Waals surface area contributed by atoms with Gasteiger partial charge in [-0.05, 0) is 0 Å². The van der Waals surface area contributed by atoms with Crippen LogP contribution in [0.25, 0.3) is 22.3 Å². The van der Waals surface area contributed by atoms with E-state index >= 15 is 0 Å². The number of fused-ring (bicyclic) bond motifs is 1. The van der Waals surface area contributed by atoms with Crippen LogP contribution in [0.3, 0.4) is 0 Å². The molecule has 3 aromatic rings. The van der Waals surface area contributed by atoms with Gasteiger partial charge in [0.05, 0.1) is 5.97 Å². The summed E-state index contributed by atoms with van der Waals surface area (Å²) in [4.78, 5) is 23.7. The van der Waals surface area contributed by atoms with Crippen LogP contribution in [0, 0.1) is 0 Å². The molecule has 11 heteroatoms. The Balaban J connectivity index is 1.77. The van der Waals surface area contributed by atoms with Crippen molar-refractivity contribution < 1.29 is 49.3 Å². The predicted octanol–water partition coefficient (Wildman–Crippen LogP) is -1.19. The minimum absolute atomic E-state index is 0.0828. The summed E-state index contributed by atoms with van der Waals surface area (Å²) in [6.45, 7) is 0. The van der Waals surface area contributed by atoms with Gasteiger partial charge in [0, 0.05) is 17.7 Å². The fraction of sp³-hybridized carbons (Fsp3) is 0.238. The van der Waals surface area contributed by atoms with Crippen molar-refractivity contribution in [2.45, 2.75) is 30.7 Å². The van der Waals surface area contributed by atoms with Crippen LogP contribution in [0.5, 0.6) is 17.2 Å². The third-order valence-electron chi connectivity index (χ3n) is 5.02. The second-order valence-corrected chi connectivity index (χ2v) is 7.12. The lowest BCUT2D eigenvalue weighted by atomic mass is 9.99. The van der Waals surface area contributed by atoms with Gasteiger partial charge >= 0.3 is 0 Å². The third-order valence-corrected chi connectivity index (χ3v) is 5.02. The summed E-state index contributed by atoms with van der Waals surface area (Å²) in [6, 6.07) is 10.4. The Bertz CT molecular complexity index is 1220. The van der Waals surface area contributed by atoms with Crippen LogP contribution in [-0.2, 0) is 9.53 Å². The van der Waals surface area contributed by atoms with Crippen molar-refractivity contribution in [3.63, 3.8) is 0 Å². The monoisotopic (exact) mass is 445 g/mol. The first-order valence-electron chi connectivity index (χ1n) is 9.34. The van der Waals surface area contributed by atoms with Crippen molar-refractivity contribution in [1.82, 2.24) is 0 Å². The summed E-state index contributed by atoms with van der Waals surface area (Å²) in [5, 5.41) is 61.4. The molecule has 1 saturated heterocycles. The summed E-state index contributed by atoms with van der Waals surface area (Å²) >= 11 is 0. The highest BCUT2D eigenvalue weighted by atomic mass is 16.7. The first kappa shape index (κ1) is 21.6. The number of aliphatic hydroxyl groups excluding tert-OH is 3. The molecular formula is C21H17O11-. The summed E-state index contributed by atoms with van der Waals surface area (Å²) in [7, 11) is 0. The number of hydrogen-bond donors (Lipinski definition) is 5. The highest BCUT2D eigenvalue weighted by molar-refractivity contribution is 5.91. The zero-order valence-corrected chi connectivity index (χ0v) is 16.1. The van der Waals surface area contributed by atoms with Gasteiger partial charge in [-0.15, -0.1) is 0 Å². The number of carboxylic acids is 1. The average molecular weight is 445 g/mol. The number of phenols is 2. The van der Waals surface area contributed by atoms with E-state index in [1.165, 1.54) is 0 Å². The smallest absolute Gasteiger partial charge is 0.229 e. The number of rotatable bonds is 4. The summed E-state index contributed by atoms with van der Waals surface area (Å²) in [6.07, 6.45) is -9.84. The van der Waals surface area contributed by atoms with Gasteiger partial charge in [0.2, 0.25) is 12.0 Å². The minimum atomic E-state index is -2.04. The number of aromatic hydroxyl groups is 2. The molecule has 0 bridgehead atoms. The largest absolute Gasteiger partial charge is 0.547 e. The summed E-state index contributed by atoms with van der Waals surface area (Å²) < 4.78 is 15.8. The maximum absolute atomic E-state index is 12.5. The molecule has 2 heterocycles. The lowest BCUT2D eigenvalue weighted by Crippen LogP contribution is -2.63. The van der Waals surface area contributed by atoms with E-state index in [0.717, 1.165) is 12.1 Å². The van der Waals surface area contributed by atoms with Crippen molar-refractivity contribution >= 4 is 16.9 Å². The summed E-state index contributed by atoms with van der Waals surface area (Å²) in [5.41, 5.74) is -0.584. The molecule has 1 aliphatic heterocycles. The van der Waals surface area contributed by atoms with E-state index in [2.05, 4.69) is 0 Å². The van der Waals surface area contributed by atoms with Crippen LogP contribution in [0.15, 0.2) is 51.7 Å². The van der Waals surface area contributed by atoms with Gasteiger partial charge in [0.15, 0.2) is 16.8 Å². The zero-order chi connectivity index (χ0) is 23.2. The van der Waals surface area contributed by atoms with Gasteiger partial charge in [0.25, 0.3) is 0 Å². The van der Waals surface area contributed by atoms with E-state index in [-0.39, 0.29) is 11.1 Å². The molecule has 0 saturated carbocycles. The number of benzene rings is 2. The molecule has 0 radical (unpaired) electrons. The van der Waals surface area contributed by atoms with Gasteiger partial charge < -0.3 is 49.3 Å². The van der Waals surface area contributed by atoms with Crippen molar-refractivity contribution in [1.29, 1.82) is 0 Å². The van der Waals surface area contributed by atoms with Crippen LogP contribution in [0.1, 0.15) is 0 Å². The number of phenolic OH excluding ortho intramolecular Hbond substituents is 2. The Morgan fingerprint density at radius 1 is 1.00 bits per heavy atom. The molecule has 0 unspecified atom stereocenters. The number of carbonyl (C=O) groups excluding carboxylic acids is 1. The number of aliphatic hydroxyl groups is 3. The lowest BCUT2D eigenvalue weighted by molar-refractivity contribution is -0.342. The lowest BCUT2D eigenvalue weighted by Gasteiger charge is -2.40. The van der Waals surface area contributed by atoms with E-state index < -0.39 is 64.9 Å². The maximum atomic E-state index is 12.5. The zero-order valence-electron chi connectivity index (χ0n) is 16.1. The molecule has 0 spiro atoms. The Hall–Kier alpha value is -3.64. The van der Waals surface area contributed by atoms with Crippen molar-refractivity contribution in [3.8, 4) is 28.6 Å². The van der Waals surface area contributed by atoms with Gasteiger partial charge in [-0.3, -0.25) is 4.79 Å². The van der Waals surface area contributed by atoms with Gasteiger partial charge in [-0.2, -0.15) is 0 Å². The van der Waals surface area contributed by atoms with E-state index in [1.54, 1.807) is 30.3 Å². The van der Waals surface area contributed by atoms with Crippen molar-refractivity contribution in [2.24, 2.45) is 0 Å². The standard InChI is InChI=1S/C21H18O11/c22-9-6-11(8-4-2-1-3-5-8)30-18-13(9)10(23)7-12(14(18)24)31-21-17(27)15(25)16(26)19(32-21)20(28)29/h1-7,15-17,19,21,23-27H,(H,28,29)/p-1/t15-,16+,17-,19-,21-/m1/s1. The second-order valence-electron chi connectivity index (χ2n) is 7.12. The van der Waals surface area contributed by atoms with E-state index in [4.69, 9.17) is 13.9 Å². The Labute approximate surface area is 178 Å². The third kappa shape index (κ3) is 3.63. The SMILES string of the molecule is O=C([O-])[C@@H]1O[C@@H](Oc2cc(O)c3c(=O)cc(-c4ccccc4)oc3c2O)[C@H](O)[C@H](O)[C@@H]1O.